The third-order valence-electron chi connectivity index (χ3n) is 4.77. The monoisotopic (exact) mass is 432 g/mol. The van der Waals surface area contributed by atoms with Crippen LogP contribution in [0.3, 0.4) is 0 Å². The molecule has 0 saturated carbocycles. The largest absolute Gasteiger partial charge is 0.507 e. The first-order chi connectivity index (χ1) is 14.6. The van der Waals surface area contributed by atoms with Crippen molar-refractivity contribution in [2.75, 3.05) is 31.3 Å². The maximum atomic E-state index is 13.3. The highest BCUT2D eigenvalue weighted by atomic mass is 32.2. The molecule has 1 atom stereocenters. The summed E-state index contributed by atoms with van der Waals surface area (Å²) in [6, 6.07) is 4.63. The number of carbonyl (C=O) groups is 2. The summed E-state index contributed by atoms with van der Waals surface area (Å²) in [5.41, 5.74) is 1.03. The number of hydrogen-bond acceptors (Lipinski definition) is 7. The number of ether oxygens (including phenoxy) is 1. The van der Waals surface area contributed by atoms with E-state index in [1.807, 2.05) is 11.8 Å². The molecule has 1 aliphatic heterocycles. The van der Waals surface area contributed by atoms with Crippen molar-refractivity contribution in [3.8, 4) is 11.5 Å². The molecule has 2 N–H and O–H groups in total. The number of aliphatic hydroxyl groups is 1. The van der Waals surface area contributed by atoms with Crippen LogP contribution in [0.5, 0.6) is 11.5 Å². The van der Waals surface area contributed by atoms with Crippen LogP contribution in [0.1, 0.15) is 30.1 Å². The van der Waals surface area contributed by atoms with Crippen LogP contribution in [0.25, 0.3) is 0 Å². The molecule has 8 heteroatoms. The molecule has 0 aromatic heterocycles. The Labute approximate surface area is 181 Å². The molecular formula is C22H28N2O5S. The molecule has 30 heavy (non-hydrogen) atoms. The number of nitrogens with zero attached hydrogens (tertiary/aromatic N) is 2. The number of hydrogen-bond donors (Lipinski definition) is 2. The lowest BCUT2D eigenvalue weighted by Gasteiger charge is -2.36. The van der Waals surface area contributed by atoms with Crippen LogP contribution in [-0.4, -0.2) is 71.3 Å². The van der Waals surface area contributed by atoms with Crippen molar-refractivity contribution < 1.29 is 24.5 Å². The Kier molecular flexibility index (Phi) is 9.63. The van der Waals surface area contributed by atoms with E-state index in [9.17, 15) is 19.8 Å². The fraction of sp³-hybridized carbons (Fsp3) is 0.409. The minimum absolute atomic E-state index is 0.0475. The van der Waals surface area contributed by atoms with E-state index < -0.39 is 0 Å². The normalized spacial score (nSPS) is 17.5. The van der Waals surface area contributed by atoms with E-state index in [-0.39, 0.29) is 36.3 Å². The van der Waals surface area contributed by atoms with Gasteiger partial charge in [-0.3, -0.25) is 14.6 Å². The Morgan fingerprint density at radius 1 is 1.47 bits per heavy atom. The molecule has 1 fully saturated rings. The minimum atomic E-state index is -0.139. The molecule has 1 amide bonds. The molecular weight excluding hydrogens is 404 g/mol. The van der Waals surface area contributed by atoms with Gasteiger partial charge in [-0.15, -0.1) is 0 Å². The first-order valence-electron chi connectivity index (χ1n) is 9.79. The first-order valence-corrected chi connectivity index (χ1v) is 10.9. The fourth-order valence-electron chi connectivity index (χ4n) is 3.26. The van der Waals surface area contributed by atoms with E-state index in [1.165, 1.54) is 6.07 Å². The first kappa shape index (κ1) is 23.7. The number of carbonyl (C=O) groups excluding carboxylic acids is 2. The van der Waals surface area contributed by atoms with Crippen LogP contribution in [-0.2, 0) is 4.79 Å². The van der Waals surface area contributed by atoms with Gasteiger partial charge >= 0.3 is 0 Å². The molecule has 162 valence electrons. The molecule has 1 heterocycles. The Balaban J connectivity index is 2.14. The number of aromatic hydroxyl groups is 1. The maximum Gasteiger partial charge on any atom is 0.256 e. The Morgan fingerprint density at radius 2 is 2.27 bits per heavy atom. The van der Waals surface area contributed by atoms with E-state index in [2.05, 4.69) is 11.7 Å². The van der Waals surface area contributed by atoms with E-state index in [4.69, 9.17) is 4.74 Å². The summed E-state index contributed by atoms with van der Waals surface area (Å²) in [7, 11) is 0. The zero-order valence-corrected chi connectivity index (χ0v) is 17.9. The number of aliphatic imine (C=N–C) groups is 1. The van der Waals surface area contributed by atoms with Gasteiger partial charge in [0.1, 0.15) is 11.5 Å². The smallest absolute Gasteiger partial charge is 0.256 e. The van der Waals surface area contributed by atoms with Crippen molar-refractivity contribution in [2.24, 2.45) is 4.99 Å². The number of phenolic OH excluding ortho intramolecular Hbond substituents is 1. The van der Waals surface area contributed by atoms with Gasteiger partial charge in [0.2, 0.25) is 0 Å². The van der Waals surface area contributed by atoms with Crippen LogP contribution in [0, 0.1) is 0 Å². The zero-order chi connectivity index (χ0) is 21.9. The maximum absolute atomic E-state index is 13.3. The lowest BCUT2D eigenvalue weighted by Crippen LogP contribution is -2.47. The molecule has 0 unspecified atom stereocenters. The molecule has 0 aliphatic carbocycles. The zero-order valence-electron chi connectivity index (χ0n) is 17.1. The standard InChI is InChI=1S/C22H28N2O5S/c1-3-5-17(19(23-2)8-11-25)22(28)24-10-13-30-15-16(24)9-12-29-21-7-4-6-20(27)18(21)14-26/h3-7,14,16,25,27H,2,8-13,15H2,1H3/b5-3-,19-17+/t16-/m1/s1. The number of benzene rings is 1. The third-order valence-corrected chi connectivity index (χ3v) is 5.86. The van der Waals surface area contributed by atoms with Crippen LogP contribution < -0.4 is 4.74 Å². The Hall–Kier alpha value is -2.58. The van der Waals surface area contributed by atoms with Gasteiger partial charge in [-0.25, -0.2) is 0 Å². The average Bonchev–Trinajstić information content (AvgIpc) is 2.76. The number of rotatable bonds is 10. The predicted octanol–water partition coefficient (Wildman–Crippen LogP) is 2.83. The highest BCUT2D eigenvalue weighted by Crippen LogP contribution is 2.27. The molecule has 1 aliphatic rings. The van der Waals surface area contributed by atoms with Gasteiger partial charge < -0.3 is 19.8 Å². The summed E-state index contributed by atoms with van der Waals surface area (Å²) >= 11 is 1.77. The molecule has 0 radical (unpaired) electrons. The average molecular weight is 433 g/mol. The number of aldehydes is 1. The highest BCUT2D eigenvalue weighted by Gasteiger charge is 2.29. The second-order valence-electron chi connectivity index (χ2n) is 6.66. The topological polar surface area (TPSA) is 99.4 Å². The van der Waals surface area contributed by atoms with Crippen LogP contribution in [0.15, 0.2) is 46.6 Å². The van der Waals surface area contributed by atoms with Crippen LogP contribution >= 0.6 is 11.8 Å². The minimum Gasteiger partial charge on any atom is -0.507 e. The number of phenols is 1. The second kappa shape index (κ2) is 12.2. The van der Waals surface area contributed by atoms with Crippen molar-refractivity contribution in [1.29, 1.82) is 0 Å². The quantitative estimate of drug-likeness (QED) is 0.255. The molecule has 0 spiro atoms. The Morgan fingerprint density at radius 3 is 2.93 bits per heavy atom. The second-order valence-corrected chi connectivity index (χ2v) is 7.81. The third kappa shape index (κ3) is 5.96. The van der Waals surface area contributed by atoms with Crippen LogP contribution in [0.4, 0.5) is 0 Å². The van der Waals surface area contributed by atoms with E-state index in [0.29, 0.717) is 42.9 Å². The number of thioether (sulfide) groups is 1. The molecule has 1 aromatic rings. The van der Waals surface area contributed by atoms with Crippen molar-refractivity contribution >= 4 is 30.7 Å². The number of amides is 1. The summed E-state index contributed by atoms with van der Waals surface area (Å²) in [6.07, 6.45) is 4.88. The summed E-state index contributed by atoms with van der Waals surface area (Å²) < 4.78 is 5.73. The molecule has 1 saturated heterocycles. The van der Waals surface area contributed by atoms with E-state index >= 15 is 0 Å². The van der Waals surface area contributed by atoms with Crippen molar-refractivity contribution in [3.05, 3.63) is 47.2 Å². The van der Waals surface area contributed by atoms with Crippen molar-refractivity contribution in [2.45, 2.75) is 25.8 Å². The predicted molar refractivity (Wildman–Crippen MR) is 120 cm³/mol. The van der Waals surface area contributed by atoms with Gasteiger partial charge in [-0.2, -0.15) is 11.8 Å². The number of allylic oxidation sites excluding steroid dienone is 1. The van der Waals surface area contributed by atoms with Crippen molar-refractivity contribution in [1.82, 2.24) is 4.90 Å². The highest BCUT2D eigenvalue weighted by molar-refractivity contribution is 7.99. The molecule has 1 aromatic carbocycles. The molecule has 7 nitrogen and oxygen atoms in total. The summed E-state index contributed by atoms with van der Waals surface area (Å²) in [5.74, 6) is 1.67. The SMILES string of the molecule is C=N/C(CCO)=C(\C=C/C)C(=O)N1CCSC[C@H]1CCOc1cccc(O)c1C=O. The van der Waals surface area contributed by atoms with E-state index in [1.54, 1.807) is 36.0 Å². The summed E-state index contributed by atoms with van der Waals surface area (Å²) in [4.78, 5) is 30.2. The number of aliphatic hydroxyl groups excluding tert-OH is 1. The van der Waals surface area contributed by atoms with Gasteiger partial charge in [0, 0.05) is 43.5 Å². The van der Waals surface area contributed by atoms with Gasteiger partial charge in [0.05, 0.1) is 23.4 Å². The Bertz CT molecular complexity index is 822. The van der Waals surface area contributed by atoms with Gasteiger partial charge in [0.15, 0.2) is 6.29 Å². The summed E-state index contributed by atoms with van der Waals surface area (Å²) in [6.45, 7) is 6.15. The fourth-order valence-corrected chi connectivity index (χ4v) is 4.37. The lowest BCUT2D eigenvalue weighted by molar-refractivity contribution is -0.128. The molecule has 2 rings (SSSR count). The summed E-state index contributed by atoms with van der Waals surface area (Å²) in [5, 5.41) is 19.1. The van der Waals surface area contributed by atoms with Gasteiger partial charge in [0.25, 0.3) is 5.91 Å². The van der Waals surface area contributed by atoms with Crippen LogP contribution in [0.2, 0.25) is 0 Å². The van der Waals surface area contributed by atoms with Crippen molar-refractivity contribution in [3.63, 3.8) is 0 Å². The molecule has 0 bridgehead atoms. The lowest BCUT2D eigenvalue weighted by atomic mass is 10.1. The van der Waals surface area contributed by atoms with E-state index in [0.717, 1.165) is 11.5 Å². The van der Waals surface area contributed by atoms with Gasteiger partial charge in [-0.1, -0.05) is 18.2 Å². The van der Waals surface area contributed by atoms with Gasteiger partial charge in [-0.05, 0) is 25.8 Å².